The molecular weight excluding hydrogens is 165 g/mol. The van der Waals surface area contributed by atoms with Crippen LogP contribution in [-0.4, -0.2) is 25.1 Å². The van der Waals surface area contributed by atoms with Crippen molar-refractivity contribution in [3.05, 3.63) is 0 Å². The zero-order valence-electron chi connectivity index (χ0n) is 4.67. The van der Waals surface area contributed by atoms with E-state index in [1.807, 2.05) is 0 Å². The van der Waals surface area contributed by atoms with Crippen LogP contribution in [0.3, 0.4) is 0 Å². The minimum atomic E-state index is -4.72. The van der Waals surface area contributed by atoms with Crippen molar-refractivity contribution in [3.8, 4) is 0 Å². The summed E-state index contributed by atoms with van der Waals surface area (Å²) in [6.45, 7) is 0. The van der Waals surface area contributed by atoms with E-state index in [1.54, 1.807) is 0 Å². The summed E-state index contributed by atoms with van der Waals surface area (Å²) in [6, 6.07) is 0. The van der Waals surface area contributed by atoms with Gasteiger partial charge in [0, 0.05) is 0 Å². The Balaban J connectivity index is 0. The minimum absolute atomic E-state index is 0. The summed E-state index contributed by atoms with van der Waals surface area (Å²) in [4.78, 5) is 0. The second-order valence-electron chi connectivity index (χ2n) is 1.12. The Morgan fingerprint density at radius 2 is 1.78 bits per heavy atom. The normalized spacial score (nSPS) is 11.1. The molecule has 0 N–H and O–H groups in total. The van der Waals surface area contributed by atoms with E-state index in [2.05, 4.69) is 0 Å². The minimum Gasteiger partial charge on any atom is -0.748 e. The zero-order valence-corrected chi connectivity index (χ0v) is 7.49. The molecule has 0 aliphatic rings. The fourth-order valence-electron chi connectivity index (χ4n) is 0.154. The van der Waals surface area contributed by atoms with Gasteiger partial charge in [0.15, 0.2) is 0 Å². The molecule has 7 heteroatoms. The molecule has 0 aliphatic heterocycles. The number of alkyl halides is 2. The van der Waals surface area contributed by atoms with Crippen LogP contribution in [0.4, 0.5) is 8.78 Å². The largest absolute Gasteiger partial charge is 1.00 e. The summed E-state index contributed by atoms with van der Waals surface area (Å²) in [5.74, 6) is -1.59. The van der Waals surface area contributed by atoms with E-state index in [0.29, 0.717) is 0 Å². The van der Waals surface area contributed by atoms with E-state index in [1.165, 1.54) is 0 Å². The van der Waals surface area contributed by atoms with Crippen molar-refractivity contribution < 1.29 is 51.3 Å². The summed E-state index contributed by atoms with van der Waals surface area (Å²) >= 11 is 0. The van der Waals surface area contributed by atoms with Gasteiger partial charge in [-0.15, -0.1) is 0 Å². The second kappa shape index (κ2) is 4.56. The van der Waals surface area contributed by atoms with Crippen molar-refractivity contribution in [1.29, 1.82) is 0 Å². The first-order chi connectivity index (χ1) is 3.42. The van der Waals surface area contributed by atoms with Gasteiger partial charge in [0.05, 0.1) is 5.75 Å². The molecule has 0 spiro atoms. The monoisotopic (exact) mass is 168 g/mol. The van der Waals surface area contributed by atoms with E-state index in [0.717, 1.165) is 0 Å². The Morgan fingerprint density at radius 1 is 1.44 bits per heavy atom. The van der Waals surface area contributed by atoms with Crippen molar-refractivity contribution in [2.75, 3.05) is 5.75 Å². The Hall–Kier alpha value is 0.770. The Labute approximate surface area is 73.5 Å². The molecule has 0 heterocycles. The van der Waals surface area contributed by atoms with E-state index >= 15 is 0 Å². The maximum Gasteiger partial charge on any atom is 1.00 e. The van der Waals surface area contributed by atoms with Crippen LogP contribution < -0.4 is 29.6 Å². The zero-order chi connectivity index (χ0) is 6.78. The van der Waals surface area contributed by atoms with E-state index in [4.69, 9.17) is 0 Å². The van der Waals surface area contributed by atoms with Gasteiger partial charge in [-0.05, 0) is 0 Å². The topological polar surface area (TPSA) is 57.2 Å². The van der Waals surface area contributed by atoms with Crippen molar-refractivity contribution in [2.45, 2.75) is 6.43 Å². The van der Waals surface area contributed by atoms with Gasteiger partial charge < -0.3 is 4.55 Å². The molecule has 0 saturated carbocycles. The van der Waals surface area contributed by atoms with Crippen LogP contribution in [0.15, 0.2) is 0 Å². The quantitative estimate of drug-likeness (QED) is 0.322. The van der Waals surface area contributed by atoms with Gasteiger partial charge in [-0.2, -0.15) is 0 Å². The molecule has 0 aromatic heterocycles. The summed E-state index contributed by atoms with van der Waals surface area (Å²) in [6.07, 6.45) is -3.06. The second-order valence-corrected chi connectivity index (χ2v) is 2.56. The third kappa shape index (κ3) is 12.1. The molecule has 0 aromatic carbocycles. The van der Waals surface area contributed by atoms with Gasteiger partial charge in [0.25, 0.3) is 6.43 Å². The molecule has 0 radical (unpaired) electrons. The Kier molecular flexibility index (Phi) is 6.31. The van der Waals surface area contributed by atoms with Crippen molar-refractivity contribution in [2.24, 2.45) is 0 Å². The summed E-state index contributed by atoms with van der Waals surface area (Å²) in [7, 11) is -4.72. The third-order valence-corrected chi connectivity index (χ3v) is 0.990. The van der Waals surface area contributed by atoms with Gasteiger partial charge >= 0.3 is 29.6 Å². The standard InChI is InChI=1S/C2H4F2O3S.Na/c3-2(4)1-8(5,6)7;/h2H,1H2,(H,5,6,7);/q;+1/p-1. The maximum absolute atomic E-state index is 11.0. The summed E-state index contributed by atoms with van der Waals surface area (Å²) in [5, 5.41) is 0. The first kappa shape index (κ1) is 12.4. The molecule has 9 heavy (non-hydrogen) atoms. The average molecular weight is 168 g/mol. The molecule has 3 nitrogen and oxygen atoms in total. The van der Waals surface area contributed by atoms with Crippen LogP contribution in [0.2, 0.25) is 0 Å². The van der Waals surface area contributed by atoms with Crippen LogP contribution in [0, 0.1) is 0 Å². The van der Waals surface area contributed by atoms with Gasteiger partial charge in [-0.3, -0.25) is 0 Å². The molecule has 0 aromatic rings. The molecule has 0 saturated heterocycles. The number of hydrogen-bond donors (Lipinski definition) is 0. The molecule has 0 rings (SSSR count). The SMILES string of the molecule is O=S(=O)([O-])CC(F)F.[Na+]. The van der Waals surface area contributed by atoms with Gasteiger partial charge in [-0.1, -0.05) is 0 Å². The maximum atomic E-state index is 11.0. The molecule has 0 unspecified atom stereocenters. The molecule has 0 atom stereocenters. The number of halogens is 2. The smallest absolute Gasteiger partial charge is 0.748 e. The van der Waals surface area contributed by atoms with Crippen molar-refractivity contribution >= 4 is 10.1 Å². The van der Waals surface area contributed by atoms with E-state index in [9.17, 15) is 21.8 Å². The van der Waals surface area contributed by atoms with Crippen molar-refractivity contribution in [1.82, 2.24) is 0 Å². The molecule has 50 valence electrons. The van der Waals surface area contributed by atoms with Crippen LogP contribution in [0.1, 0.15) is 0 Å². The van der Waals surface area contributed by atoms with Crippen LogP contribution in [0.25, 0.3) is 0 Å². The molecule has 0 aliphatic carbocycles. The average Bonchev–Trinajstić information content (AvgIpc) is 1.21. The number of hydrogen-bond acceptors (Lipinski definition) is 3. The fourth-order valence-corrected chi connectivity index (χ4v) is 0.463. The van der Waals surface area contributed by atoms with Crippen LogP contribution in [-0.2, 0) is 10.1 Å². The molecule has 0 amide bonds. The van der Waals surface area contributed by atoms with Crippen LogP contribution >= 0.6 is 0 Å². The fraction of sp³-hybridized carbons (Fsp3) is 1.00. The predicted molar refractivity (Wildman–Crippen MR) is 20.6 cm³/mol. The molecule has 0 fully saturated rings. The Morgan fingerprint density at radius 3 is 1.78 bits per heavy atom. The first-order valence-electron chi connectivity index (χ1n) is 1.63. The first-order valence-corrected chi connectivity index (χ1v) is 3.21. The van der Waals surface area contributed by atoms with Gasteiger partial charge in [-0.25, -0.2) is 17.2 Å². The molecule has 0 bridgehead atoms. The number of rotatable bonds is 2. The third-order valence-electron chi connectivity index (χ3n) is 0.330. The Bertz CT molecular complexity index is 153. The molecular formula is C2H3F2NaO3S. The summed E-state index contributed by atoms with van der Waals surface area (Å²) < 4.78 is 50.1. The summed E-state index contributed by atoms with van der Waals surface area (Å²) in [5.41, 5.74) is 0. The van der Waals surface area contributed by atoms with Crippen molar-refractivity contribution in [3.63, 3.8) is 0 Å². The van der Waals surface area contributed by atoms with E-state index in [-0.39, 0.29) is 29.6 Å². The van der Waals surface area contributed by atoms with E-state index < -0.39 is 22.3 Å². The predicted octanol–water partition coefficient (Wildman–Crippen LogP) is -3.20. The van der Waals surface area contributed by atoms with Gasteiger partial charge in [0.2, 0.25) is 0 Å². The van der Waals surface area contributed by atoms with Gasteiger partial charge in [0.1, 0.15) is 10.1 Å². The van der Waals surface area contributed by atoms with Crippen LogP contribution in [0.5, 0.6) is 0 Å².